The number of hydrogen-bond donors (Lipinski definition) is 1. The van der Waals surface area contributed by atoms with E-state index in [2.05, 4.69) is 9.97 Å². The molecule has 1 saturated carbocycles. The van der Waals surface area contributed by atoms with Crippen LogP contribution in [-0.2, 0) is 0 Å². The molecule has 1 aliphatic rings. The number of halogens is 1. The lowest BCUT2D eigenvalue weighted by molar-refractivity contribution is 0.0968. The summed E-state index contributed by atoms with van der Waals surface area (Å²) in [4.78, 5) is 19.7. The highest BCUT2D eigenvalue weighted by Crippen LogP contribution is 2.35. The van der Waals surface area contributed by atoms with Crippen LogP contribution in [0.15, 0.2) is 30.6 Å². The second-order valence-corrected chi connectivity index (χ2v) is 5.00. The third-order valence-electron chi connectivity index (χ3n) is 3.13. The van der Waals surface area contributed by atoms with Gasteiger partial charge in [0.25, 0.3) is 0 Å². The lowest BCUT2D eigenvalue weighted by Gasteiger charge is -2.06. The molecule has 1 aromatic carbocycles. The summed E-state index contributed by atoms with van der Waals surface area (Å²) in [5.74, 6) is 0.160. The van der Waals surface area contributed by atoms with Crippen molar-refractivity contribution in [2.45, 2.75) is 12.8 Å². The standard InChI is InChI=1S/C14H11ClN2O2/c15-11-5-9(12-6-13(18)17-7-16-12)3-4-10(11)14(19)8-1-2-8/h3-8H,1-2H2,(H,16,17,18). The van der Waals surface area contributed by atoms with Gasteiger partial charge >= 0.3 is 0 Å². The molecule has 0 unspecified atom stereocenters. The van der Waals surface area contributed by atoms with Crippen LogP contribution in [0.1, 0.15) is 23.2 Å². The molecule has 0 atom stereocenters. The minimum Gasteiger partial charge on any atom is -0.493 e. The zero-order valence-electron chi connectivity index (χ0n) is 10.0. The molecule has 2 aromatic rings. The third-order valence-corrected chi connectivity index (χ3v) is 3.44. The van der Waals surface area contributed by atoms with Crippen molar-refractivity contribution in [3.63, 3.8) is 0 Å². The molecule has 0 bridgehead atoms. The number of rotatable bonds is 3. The first-order valence-corrected chi connectivity index (χ1v) is 6.38. The van der Waals surface area contributed by atoms with E-state index in [0.29, 0.717) is 16.3 Å². The van der Waals surface area contributed by atoms with Crippen molar-refractivity contribution in [3.8, 4) is 17.1 Å². The summed E-state index contributed by atoms with van der Waals surface area (Å²) < 4.78 is 0. The molecule has 1 N–H and O–H groups in total. The van der Waals surface area contributed by atoms with Crippen LogP contribution in [0.5, 0.6) is 5.88 Å². The van der Waals surface area contributed by atoms with E-state index in [0.717, 1.165) is 18.4 Å². The Morgan fingerprint density at radius 3 is 2.68 bits per heavy atom. The second-order valence-electron chi connectivity index (χ2n) is 4.59. The maximum atomic E-state index is 12.0. The molecular formula is C14H11ClN2O2. The first kappa shape index (κ1) is 12.1. The number of ketones is 1. The van der Waals surface area contributed by atoms with Gasteiger partial charge in [0.05, 0.1) is 10.7 Å². The van der Waals surface area contributed by atoms with Crippen LogP contribution in [0, 0.1) is 5.92 Å². The summed E-state index contributed by atoms with van der Waals surface area (Å²) in [5.41, 5.74) is 1.88. The van der Waals surface area contributed by atoms with Gasteiger partial charge in [0, 0.05) is 23.1 Å². The molecule has 1 aromatic heterocycles. The molecule has 1 fully saturated rings. The van der Waals surface area contributed by atoms with Gasteiger partial charge in [0.1, 0.15) is 6.33 Å². The van der Waals surface area contributed by atoms with Gasteiger partial charge in [-0.15, -0.1) is 0 Å². The van der Waals surface area contributed by atoms with Crippen LogP contribution >= 0.6 is 11.6 Å². The molecule has 19 heavy (non-hydrogen) atoms. The number of carbonyl (C=O) groups is 1. The lowest BCUT2D eigenvalue weighted by Crippen LogP contribution is -2.02. The Morgan fingerprint density at radius 1 is 1.26 bits per heavy atom. The van der Waals surface area contributed by atoms with Gasteiger partial charge in [0.15, 0.2) is 5.78 Å². The minimum absolute atomic E-state index is 0.0979. The summed E-state index contributed by atoms with van der Waals surface area (Å²) in [5, 5.41) is 9.75. The minimum atomic E-state index is -0.0979. The van der Waals surface area contributed by atoms with Gasteiger partial charge in [-0.25, -0.2) is 9.97 Å². The summed E-state index contributed by atoms with van der Waals surface area (Å²) in [6.07, 6.45) is 3.19. The number of aromatic hydroxyl groups is 1. The fourth-order valence-electron chi connectivity index (χ4n) is 1.94. The van der Waals surface area contributed by atoms with Crippen molar-refractivity contribution in [2.75, 3.05) is 0 Å². The van der Waals surface area contributed by atoms with Crippen LogP contribution in [0.2, 0.25) is 5.02 Å². The average molecular weight is 275 g/mol. The van der Waals surface area contributed by atoms with Gasteiger partial charge in [-0.3, -0.25) is 4.79 Å². The van der Waals surface area contributed by atoms with Crippen LogP contribution < -0.4 is 0 Å². The first-order chi connectivity index (χ1) is 9.15. The normalized spacial score (nSPS) is 14.4. The zero-order valence-corrected chi connectivity index (χ0v) is 10.8. The topological polar surface area (TPSA) is 63.1 Å². The fourth-order valence-corrected chi connectivity index (χ4v) is 2.22. The summed E-state index contributed by atoms with van der Waals surface area (Å²) in [6, 6.07) is 6.65. The number of carbonyl (C=O) groups excluding carboxylic acids is 1. The highest BCUT2D eigenvalue weighted by atomic mass is 35.5. The van der Waals surface area contributed by atoms with E-state index in [4.69, 9.17) is 11.6 Å². The monoisotopic (exact) mass is 274 g/mol. The summed E-state index contributed by atoms with van der Waals surface area (Å²) in [6.45, 7) is 0. The fraction of sp³-hybridized carbons (Fsp3) is 0.214. The van der Waals surface area contributed by atoms with E-state index in [1.165, 1.54) is 12.4 Å². The van der Waals surface area contributed by atoms with Crippen molar-refractivity contribution in [1.82, 2.24) is 9.97 Å². The largest absolute Gasteiger partial charge is 0.493 e. The smallest absolute Gasteiger partial charge is 0.214 e. The number of Topliss-reactive ketones (excluding diaryl/α,β-unsaturated/α-hetero) is 1. The molecule has 1 heterocycles. The summed E-state index contributed by atoms with van der Waals surface area (Å²) in [7, 11) is 0. The molecule has 4 nitrogen and oxygen atoms in total. The van der Waals surface area contributed by atoms with E-state index in [9.17, 15) is 9.90 Å². The van der Waals surface area contributed by atoms with E-state index >= 15 is 0 Å². The third kappa shape index (κ3) is 2.44. The summed E-state index contributed by atoms with van der Waals surface area (Å²) >= 11 is 6.16. The van der Waals surface area contributed by atoms with Crippen molar-refractivity contribution < 1.29 is 9.90 Å². The molecule has 0 saturated heterocycles. The maximum absolute atomic E-state index is 12.0. The van der Waals surface area contributed by atoms with Gasteiger partial charge in [-0.05, 0) is 25.0 Å². The van der Waals surface area contributed by atoms with Crippen molar-refractivity contribution in [1.29, 1.82) is 0 Å². The Hall–Kier alpha value is -1.94. The Morgan fingerprint density at radius 2 is 2.05 bits per heavy atom. The van der Waals surface area contributed by atoms with Gasteiger partial charge in [-0.2, -0.15) is 0 Å². The lowest BCUT2D eigenvalue weighted by atomic mass is 10.0. The Labute approximate surface area is 115 Å². The highest BCUT2D eigenvalue weighted by Gasteiger charge is 2.31. The molecule has 3 rings (SSSR count). The molecule has 0 aliphatic heterocycles. The highest BCUT2D eigenvalue weighted by molar-refractivity contribution is 6.34. The van der Waals surface area contributed by atoms with Crippen LogP contribution in [0.3, 0.4) is 0 Å². The van der Waals surface area contributed by atoms with Gasteiger partial charge in [-0.1, -0.05) is 17.7 Å². The Bertz CT molecular complexity index is 654. The van der Waals surface area contributed by atoms with Crippen molar-refractivity contribution >= 4 is 17.4 Å². The van der Waals surface area contributed by atoms with Crippen molar-refractivity contribution in [3.05, 3.63) is 41.2 Å². The first-order valence-electron chi connectivity index (χ1n) is 6.00. The number of hydrogen-bond acceptors (Lipinski definition) is 4. The molecule has 0 spiro atoms. The quantitative estimate of drug-likeness (QED) is 0.874. The van der Waals surface area contributed by atoms with E-state index in [-0.39, 0.29) is 17.6 Å². The van der Waals surface area contributed by atoms with E-state index in [1.807, 2.05) is 0 Å². The molecule has 0 amide bonds. The Balaban J connectivity index is 1.97. The predicted molar refractivity (Wildman–Crippen MR) is 71.2 cm³/mol. The molecular weight excluding hydrogens is 264 g/mol. The van der Waals surface area contributed by atoms with Gasteiger partial charge < -0.3 is 5.11 Å². The molecule has 1 aliphatic carbocycles. The number of aromatic nitrogens is 2. The number of benzene rings is 1. The van der Waals surface area contributed by atoms with Crippen LogP contribution in [-0.4, -0.2) is 20.9 Å². The molecule has 0 radical (unpaired) electrons. The average Bonchev–Trinajstić information content (AvgIpc) is 3.22. The van der Waals surface area contributed by atoms with Crippen LogP contribution in [0.4, 0.5) is 0 Å². The van der Waals surface area contributed by atoms with E-state index < -0.39 is 0 Å². The molecule has 5 heteroatoms. The predicted octanol–water partition coefficient (Wildman–Crippen LogP) is 3.10. The van der Waals surface area contributed by atoms with E-state index in [1.54, 1.807) is 18.2 Å². The number of nitrogens with zero attached hydrogens (tertiary/aromatic N) is 2. The molecule has 96 valence electrons. The zero-order chi connectivity index (χ0) is 13.4. The van der Waals surface area contributed by atoms with Gasteiger partial charge in [0.2, 0.25) is 5.88 Å². The Kier molecular flexibility index (Phi) is 2.95. The van der Waals surface area contributed by atoms with Crippen molar-refractivity contribution in [2.24, 2.45) is 5.92 Å². The van der Waals surface area contributed by atoms with Crippen LogP contribution in [0.25, 0.3) is 11.3 Å². The maximum Gasteiger partial charge on any atom is 0.214 e. The SMILES string of the molecule is O=C(c1ccc(-c2cc(O)ncn2)cc1Cl)C1CC1. The second kappa shape index (κ2) is 4.63.